The van der Waals surface area contributed by atoms with Crippen molar-refractivity contribution in [2.75, 3.05) is 11.9 Å². The fraction of sp³-hybridized carbons (Fsp3) is 0.562. The van der Waals surface area contributed by atoms with Crippen LogP contribution >= 0.6 is 15.9 Å². The molecule has 0 amide bonds. The molecule has 0 fully saturated rings. The highest BCUT2D eigenvalue weighted by Crippen LogP contribution is 2.33. The molecule has 0 radical (unpaired) electrons. The van der Waals surface area contributed by atoms with E-state index in [1.165, 1.54) is 6.07 Å². The topological polar surface area (TPSA) is 27.1 Å². The van der Waals surface area contributed by atoms with Crippen LogP contribution in [0.1, 0.15) is 11.1 Å². The van der Waals surface area contributed by atoms with Gasteiger partial charge in [0.15, 0.2) is 0 Å². The summed E-state index contributed by atoms with van der Waals surface area (Å²) in [6.45, 7) is 7.71. The Morgan fingerprint density at radius 3 is 2.54 bits per heavy atom. The number of fused-ring (bicyclic) bond motifs is 1. The van der Waals surface area contributed by atoms with Crippen molar-refractivity contribution in [2.45, 2.75) is 45.0 Å². The van der Waals surface area contributed by atoms with Crippen LogP contribution in [0.15, 0.2) is 18.3 Å². The van der Waals surface area contributed by atoms with Crippen molar-refractivity contribution in [2.24, 2.45) is 0 Å². The molecule has 0 aliphatic rings. The third-order valence-electron chi connectivity index (χ3n) is 3.65. The third kappa shape index (κ3) is 5.32. The lowest BCUT2D eigenvalue weighted by Crippen LogP contribution is -2.22. The first-order valence-corrected chi connectivity index (χ1v) is 12.6. The van der Waals surface area contributed by atoms with Gasteiger partial charge in [0.05, 0.1) is 11.1 Å². The highest BCUT2D eigenvalue weighted by Gasteiger charge is 2.31. The number of hydrogen-bond acceptors (Lipinski definition) is 2. The molecule has 0 unspecified atom stereocenters. The van der Waals surface area contributed by atoms with Crippen molar-refractivity contribution >= 4 is 34.9 Å². The van der Waals surface area contributed by atoms with Crippen molar-refractivity contribution in [1.29, 1.82) is 0 Å². The molecule has 0 bridgehead atoms. The minimum atomic E-state index is -4.36. The minimum Gasteiger partial charge on any atom is -0.360 e. The maximum atomic E-state index is 13.0. The van der Waals surface area contributed by atoms with Crippen molar-refractivity contribution in [1.82, 2.24) is 9.78 Å². The maximum absolute atomic E-state index is 13.0. The molecule has 2 rings (SSSR count). The monoisotopic (exact) mass is 422 g/mol. The van der Waals surface area contributed by atoms with Gasteiger partial charge in [0.25, 0.3) is 0 Å². The van der Waals surface area contributed by atoms with E-state index < -0.39 is 19.8 Å². The number of aromatic nitrogens is 2. The number of benzene rings is 1. The summed E-state index contributed by atoms with van der Waals surface area (Å²) in [5.41, 5.74) is 0.568. The van der Waals surface area contributed by atoms with E-state index in [9.17, 15) is 13.2 Å². The van der Waals surface area contributed by atoms with Crippen LogP contribution in [0, 0.1) is 0 Å². The Hall–Kier alpha value is -0.863. The second-order valence-corrected chi connectivity index (χ2v) is 13.4. The molecule has 0 saturated carbocycles. The van der Waals surface area contributed by atoms with Crippen LogP contribution < -0.4 is 0 Å². The number of rotatable bonds is 7. The van der Waals surface area contributed by atoms with E-state index in [0.29, 0.717) is 34.8 Å². The minimum absolute atomic E-state index is 0.258. The summed E-state index contributed by atoms with van der Waals surface area (Å²) < 4.78 is 46.3. The largest absolute Gasteiger partial charge is 0.416 e. The molecule has 8 heteroatoms. The first kappa shape index (κ1) is 19.5. The number of halogens is 4. The van der Waals surface area contributed by atoms with Crippen LogP contribution in [-0.2, 0) is 24.1 Å². The predicted molar refractivity (Wildman–Crippen MR) is 96.3 cm³/mol. The zero-order valence-corrected chi connectivity index (χ0v) is 16.7. The quantitative estimate of drug-likeness (QED) is 0.343. The van der Waals surface area contributed by atoms with Gasteiger partial charge in [-0.2, -0.15) is 18.3 Å². The Morgan fingerprint density at radius 2 is 1.96 bits per heavy atom. The van der Waals surface area contributed by atoms with Gasteiger partial charge < -0.3 is 4.74 Å². The van der Waals surface area contributed by atoms with Gasteiger partial charge in [0.1, 0.15) is 6.73 Å². The van der Waals surface area contributed by atoms with Crippen LogP contribution in [0.3, 0.4) is 0 Å². The Labute approximate surface area is 149 Å². The van der Waals surface area contributed by atoms with E-state index in [2.05, 4.69) is 40.7 Å². The lowest BCUT2D eigenvalue weighted by atomic mass is 10.0. The summed E-state index contributed by atoms with van der Waals surface area (Å²) in [5, 5.41) is 5.48. The van der Waals surface area contributed by atoms with E-state index in [1.807, 2.05) is 0 Å². The number of aryl methyl sites for hydroxylation is 1. The molecular weight excluding hydrogens is 401 g/mol. The zero-order valence-electron chi connectivity index (χ0n) is 14.1. The molecule has 3 nitrogen and oxygen atoms in total. The van der Waals surface area contributed by atoms with E-state index in [4.69, 9.17) is 4.74 Å². The standard InChI is InChI=1S/C16H22BrF3N2OSi/c1-24(2,3)7-6-23-11-22-10-13-9-14(16(18,19)20)8-12(4-5-17)15(13)21-22/h8-10H,4-7,11H2,1-3H3. The molecule has 134 valence electrons. The Bertz CT molecular complexity index is 695. The molecule has 0 saturated heterocycles. The van der Waals surface area contributed by atoms with Gasteiger partial charge in [-0.1, -0.05) is 35.6 Å². The first-order valence-electron chi connectivity index (χ1n) is 7.81. The number of alkyl halides is 4. The summed E-state index contributed by atoms with van der Waals surface area (Å²) in [6.07, 6.45) is -2.24. The van der Waals surface area contributed by atoms with Crippen LogP contribution in [0.25, 0.3) is 10.9 Å². The van der Waals surface area contributed by atoms with Gasteiger partial charge in [-0.25, -0.2) is 4.68 Å². The van der Waals surface area contributed by atoms with Crippen molar-refractivity contribution in [3.05, 3.63) is 29.5 Å². The second-order valence-electron chi connectivity index (χ2n) is 7.03. The molecule has 2 aromatic rings. The summed E-state index contributed by atoms with van der Waals surface area (Å²) in [5.74, 6) is 0. The van der Waals surface area contributed by atoms with E-state index >= 15 is 0 Å². The Kier molecular flexibility index (Phi) is 6.14. The average Bonchev–Trinajstić information content (AvgIpc) is 2.85. The van der Waals surface area contributed by atoms with Gasteiger partial charge in [0, 0.05) is 31.6 Å². The summed E-state index contributed by atoms with van der Waals surface area (Å²) in [7, 11) is -1.16. The molecule has 0 atom stereocenters. The lowest BCUT2D eigenvalue weighted by Gasteiger charge is -2.15. The zero-order chi connectivity index (χ0) is 18.0. The highest BCUT2D eigenvalue weighted by molar-refractivity contribution is 9.09. The predicted octanol–water partition coefficient (Wildman–Crippen LogP) is 5.30. The molecule has 0 spiro atoms. The lowest BCUT2D eigenvalue weighted by molar-refractivity contribution is -0.137. The molecule has 0 aliphatic heterocycles. The van der Waals surface area contributed by atoms with Crippen molar-refractivity contribution in [3.63, 3.8) is 0 Å². The third-order valence-corrected chi connectivity index (χ3v) is 5.75. The molecule has 1 aromatic carbocycles. The summed E-state index contributed by atoms with van der Waals surface area (Å²) in [6, 6.07) is 3.38. The normalized spacial score (nSPS) is 13.0. The van der Waals surface area contributed by atoms with Gasteiger partial charge in [-0.3, -0.25) is 0 Å². The molecule has 0 aliphatic carbocycles. The van der Waals surface area contributed by atoms with Gasteiger partial charge >= 0.3 is 6.18 Å². The fourth-order valence-corrected chi connectivity index (χ4v) is 3.50. The van der Waals surface area contributed by atoms with Gasteiger partial charge in [-0.05, 0) is 30.2 Å². The summed E-state index contributed by atoms with van der Waals surface area (Å²) >= 11 is 3.29. The van der Waals surface area contributed by atoms with Crippen LogP contribution in [-0.4, -0.2) is 29.8 Å². The second kappa shape index (κ2) is 7.57. The molecule has 0 N–H and O–H groups in total. The fourth-order valence-electron chi connectivity index (χ4n) is 2.32. The smallest absolute Gasteiger partial charge is 0.360 e. The van der Waals surface area contributed by atoms with Gasteiger partial charge in [-0.15, -0.1) is 0 Å². The SMILES string of the molecule is C[Si](C)(C)CCOCn1cc2cc(C(F)(F)F)cc(CCBr)c2n1. The highest BCUT2D eigenvalue weighted by atomic mass is 79.9. The van der Waals surface area contributed by atoms with Crippen LogP contribution in [0.4, 0.5) is 13.2 Å². The Balaban J connectivity index is 2.20. The number of hydrogen-bond donors (Lipinski definition) is 0. The molecular formula is C16H22BrF3N2OSi. The van der Waals surface area contributed by atoms with E-state index in [0.717, 1.165) is 12.1 Å². The number of nitrogens with zero attached hydrogens (tertiary/aromatic N) is 2. The van der Waals surface area contributed by atoms with Gasteiger partial charge in [0.2, 0.25) is 0 Å². The molecule has 24 heavy (non-hydrogen) atoms. The maximum Gasteiger partial charge on any atom is 0.416 e. The molecule has 1 aromatic heterocycles. The average molecular weight is 423 g/mol. The van der Waals surface area contributed by atoms with Crippen LogP contribution in [0.5, 0.6) is 0 Å². The van der Waals surface area contributed by atoms with Crippen molar-refractivity contribution < 1.29 is 17.9 Å². The Morgan fingerprint density at radius 1 is 1.25 bits per heavy atom. The van der Waals surface area contributed by atoms with Crippen molar-refractivity contribution in [3.8, 4) is 0 Å². The first-order chi connectivity index (χ1) is 11.1. The number of ether oxygens (including phenoxy) is 1. The van der Waals surface area contributed by atoms with E-state index in [-0.39, 0.29) is 6.73 Å². The van der Waals surface area contributed by atoms with E-state index in [1.54, 1.807) is 10.9 Å². The molecule has 1 heterocycles. The summed E-state index contributed by atoms with van der Waals surface area (Å²) in [4.78, 5) is 0. The van der Waals surface area contributed by atoms with Crippen LogP contribution in [0.2, 0.25) is 25.7 Å².